The summed E-state index contributed by atoms with van der Waals surface area (Å²) < 4.78 is 5.60. The molecule has 3 heteroatoms. The highest BCUT2D eigenvalue weighted by molar-refractivity contribution is 5.62. The van der Waals surface area contributed by atoms with Gasteiger partial charge in [-0.1, -0.05) is 6.92 Å². The fourth-order valence-corrected chi connectivity index (χ4v) is 1.38. The van der Waals surface area contributed by atoms with Crippen molar-refractivity contribution < 1.29 is 4.74 Å². The molecule has 70 valence electrons. The first kappa shape index (κ1) is 8.23. The SMILES string of the molecule is CC1CNc2ccc(N)cc2OC1. The van der Waals surface area contributed by atoms with Crippen molar-refractivity contribution in [2.45, 2.75) is 6.92 Å². The molecule has 0 bridgehead atoms. The molecule has 2 rings (SSSR count). The average Bonchev–Trinajstić information content (AvgIpc) is 2.29. The summed E-state index contributed by atoms with van der Waals surface area (Å²) in [6.45, 7) is 3.86. The maximum atomic E-state index is 5.66. The molecule has 0 fully saturated rings. The van der Waals surface area contributed by atoms with Crippen LogP contribution in [0, 0.1) is 5.92 Å². The van der Waals surface area contributed by atoms with Crippen LogP contribution in [0.1, 0.15) is 6.92 Å². The van der Waals surface area contributed by atoms with E-state index in [0.717, 1.165) is 30.3 Å². The Kier molecular flexibility index (Phi) is 2.00. The Morgan fingerprint density at radius 2 is 2.38 bits per heavy atom. The zero-order valence-corrected chi connectivity index (χ0v) is 7.71. The molecule has 0 aromatic heterocycles. The van der Waals surface area contributed by atoms with Crippen molar-refractivity contribution in [3.63, 3.8) is 0 Å². The van der Waals surface area contributed by atoms with Crippen molar-refractivity contribution in [3.8, 4) is 5.75 Å². The second-order valence-corrected chi connectivity index (χ2v) is 3.55. The smallest absolute Gasteiger partial charge is 0.144 e. The van der Waals surface area contributed by atoms with Gasteiger partial charge < -0.3 is 15.8 Å². The highest BCUT2D eigenvalue weighted by Gasteiger charge is 2.12. The lowest BCUT2D eigenvalue weighted by Crippen LogP contribution is -2.13. The highest BCUT2D eigenvalue weighted by Crippen LogP contribution is 2.29. The Morgan fingerprint density at radius 1 is 1.54 bits per heavy atom. The first-order valence-electron chi connectivity index (χ1n) is 4.52. The van der Waals surface area contributed by atoms with Crippen molar-refractivity contribution in [2.75, 3.05) is 24.2 Å². The summed E-state index contributed by atoms with van der Waals surface area (Å²) >= 11 is 0. The molecule has 3 nitrogen and oxygen atoms in total. The van der Waals surface area contributed by atoms with E-state index >= 15 is 0 Å². The lowest BCUT2D eigenvalue weighted by atomic mass is 10.2. The normalized spacial score (nSPS) is 20.8. The van der Waals surface area contributed by atoms with Crippen LogP contribution in [0.3, 0.4) is 0 Å². The predicted molar refractivity (Wildman–Crippen MR) is 54.0 cm³/mol. The number of fused-ring (bicyclic) bond motifs is 1. The number of benzene rings is 1. The van der Waals surface area contributed by atoms with Crippen LogP contribution in [0.2, 0.25) is 0 Å². The predicted octanol–water partition coefficient (Wildman–Crippen LogP) is 1.71. The molecular weight excluding hydrogens is 164 g/mol. The van der Waals surface area contributed by atoms with Crippen LogP contribution >= 0.6 is 0 Å². The number of rotatable bonds is 0. The van der Waals surface area contributed by atoms with E-state index in [9.17, 15) is 0 Å². The minimum atomic E-state index is 0.536. The molecule has 0 saturated heterocycles. The minimum Gasteiger partial charge on any atom is -0.491 e. The van der Waals surface area contributed by atoms with Crippen LogP contribution in [0.25, 0.3) is 0 Å². The Hall–Kier alpha value is -1.38. The van der Waals surface area contributed by atoms with E-state index in [-0.39, 0.29) is 0 Å². The number of nitrogen functional groups attached to an aromatic ring is 1. The van der Waals surface area contributed by atoms with Crippen molar-refractivity contribution in [1.29, 1.82) is 0 Å². The number of hydrogen-bond acceptors (Lipinski definition) is 3. The average molecular weight is 178 g/mol. The zero-order valence-electron chi connectivity index (χ0n) is 7.71. The van der Waals surface area contributed by atoms with Gasteiger partial charge in [0.1, 0.15) is 5.75 Å². The molecule has 1 heterocycles. The van der Waals surface area contributed by atoms with Crippen molar-refractivity contribution in [3.05, 3.63) is 18.2 Å². The van der Waals surface area contributed by atoms with Gasteiger partial charge in [0.25, 0.3) is 0 Å². The van der Waals surface area contributed by atoms with Crippen LogP contribution in [0.4, 0.5) is 11.4 Å². The second kappa shape index (κ2) is 3.17. The van der Waals surface area contributed by atoms with Crippen molar-refractivity contribution in [1.82, 2.24) is 0 Å². The molecule has 1 aliphatic rings. The maximum Gasteiger partial charge on any atom is 0.144 e. The van der Waals surface area contributed by atoms with Crippen LogP contribution < -0.4 is 15.8 Å². The maximum absolute atomic E-state index is 5.66. The van der Waals surface area contributed by atoms with E-state index in [0.29, 0.717) is 5.92 Å². The molecule has 3 N–H and O–H groups in total. The summed E-state index contributed by atoms with van der Waals surface area (Å²) in [5.74, 6) is 1.40. The third-order valence-corrected chi connectivity index (χ3v) is 2.17. The topological polar surface area (TPSA) is 47.3 Å². The van der Waals surface area contributed by atoms with E-state index in [2.05, 4.69) is 12.2 Å². The van der Waals surface area contributed by atoms with Gasteiger partial charge in [-0.25, -0.2) is 0 Å². The fourth-order valence-electron chi connectivity index (χ4n) is 1.38. The Bertz CT molecular complexity index is 312. The van der Waals surface area contributed by atoms with Gasteiger partial charge in [0.15, 0.2) is 0 Å². The summed E-state index contributed by atoms with van der Waals surface area (Å²) in [6, 6.07) is 5.70. The number of nitrogens with two attached hydrogens (primary N) is 1. The van der Waals surface area contributed by atoms with Gasteiger partial charge in [0.05, 0.1) is 12.3 Å². The first-order valence-corrected chi connectivity index (χ1v) is 4.52. The fraction of sp³-hybridized carbons (Fsp3) is 0.400. The molecule has 0 saturated carbocycles. The molecule has 1 aromatic carbocycles. The third kappa shape index (κ3) is 1.69. The molecule has 0 aliphatic carbocycles. The van der Waals surface area contributed by atoms with Crippen LogP contribution in [-0.4, -0.2) is 13.2 Å². The molecule has 13 heavy (non-hydrogen) atoms. The van der Waals surface area contributed by atoms with Gasteiger partial charge in [0.2, 0.25) is 0 Å². The number of ether oxygens (including phenoxy) is 1. The van der Waals surface area contributed by atoms with E-state index in [1.807, 2.05) is 18.2 Å². The molecule has 1 aliphatic heterocycles. The zero-order chi connectivity index (χ0) is 9.26. The molecule has 1 unspecified atom stereocenters. The molecule has 0 radical (unpaired) electrons. The molecule has 0 spiro atoms. The number of hydrogen-bond donors (Lipinski definition) is 2. The van der Waals surface area contributed by atoms with Crippen LogP contribution in [-0.2, 0) is 0 Å². The number of nitrogens with one attached hydrogen (secondary N) is 1. The van der Waals surface area contributed by atoms with Crippen LogP contribution in [0.5, 0.6) is 5.75 Å². The Morgan fingerprint density at radius 3 is 3.23 bits per heavy atom. The van der Waals surface area contributed by atoms with E-state index in [4.69, 9.17) is 10.5 Å². The third-order valence-electron chi connectivity index (χ3n) is 2.17. The largest absolute Gasteiger partial charge is 0.491 e. The van der Waals surface area contributed by atoms with Gasteiger partial charge >= 0.3 is 0 Å². The van der Waals surface area contributed by atoms with Gasteiger partial charge in [-0.05, 0) is 12.1 Å². The Labute approximate surface area is 77.9 Å². The standard InChI is InChI=1S/C10H14N2O/c1-7-5-12-9-3-2-8(11)4-10(9)13-6-7/h2-4,7,12H,5-6,11H2,1H3. The monoisotopic (exact) mass is 178 g/mol. The van der Waals surface area contributed by atoms with Crippen molar-refractivity contribution in [2.24, 2.45) is 5.92 Å². The summed E-state index contributed by atoms with van der Waals surface area (Å²) in [4.78, 5) is 0. The number of anilines is 2. The molecule has 0 amide bonds. The van der Waals surface area contributed by atoms with Crippen LogP contribution in [0.15, 0.2) is 18.2 Å². The quantitative estimate of drug-likeness (QED) is 0.594. The van der Waals surface area contributed by atoms with E-state index in [1.165, 1.54) is 0 Å². The van der Waals surface area contributed by atoms with Gasteiger partial charge in [-0.3, -0.25) is 0 Å². The van der Waals surface area contributed by atoms with Crippen molar-refractivity contribution >= 4 is 11.4 Å². The Balaban J connectivity index is 2.30. The molecular formula is C10H14N2O. The van der Waals surface area contributed by atoms with E-state index in [1.54, 1.807) is 0 Å². The van der Waals surface area contributed by atoms with Gasteiger partial charge in [-0.15, -0.1) is 0 Å². The summed E-state index contributed by atoms with van der Waals surface area (Å²) in [5, 5.41) is 3.32. The molecule has 1 atom stereocenters. The lowest BCUT2D eigenvalue weighted by molar-refractivity contribution is 0.276. The first-order chi connectivity index (χ1) is 6.25. The highest BCUT2D eigenvalue weighted by atomic mass is 16.5. The minimum absolute atomic E-state index is 0.536. The van der Waals surface area contributed by atoms with Gasteiger partial charge in [-0.2, -0.15) is 0 Å². The molecule has 1 aromatic rings. The van der Waals surface area contributed by atoms with Gasteiger partial charge in [0, 0.05) is 24.2 Å². The summed E-state index contributed by atoms with van der Waals surface area (Å²) in [6.07, 6.45) is 0. The second-order valence-electron chi connectivity index (χ2n) is 3.55. The lowest BCUT2D eigenvalue weighted by Gasteiger charge is -2.07. The van der Waals surface area contributed by atoms with E-state index < -0.39 is 0 Å². The summed E-state index contributed by atoms with van der Waals surface area (Å²) in [5.41, 5.74) is 7.45. The summed E-state index contributed by atoms with van der Waals surface area (Å²) in [7, 11) is 0.